The van der Waals surface area contributed by atoms with Crippen molar-refractivity contribution in [3.8, 4) is 0 Å². The number of halogens is 1. The third-order valence-electron chi connectivity index (χ3n) is 2.33. The molecule has 0 N–H and O–H groups in total. The van der Waals surface area contributed by atoms with Crippen LogP contribution in [0.5, 0.6) is 0 Å². The highest BCUT2D eigenvalue weighted by molar-refractivity contribution is 9.09. The first kappa shape index (κ1) is 11.5. The van der Waals surface area contributed by atoms with E-state index in [0.29, 0.717) is 19.4 Å². The molecule has 1 heterocycles. The largest absolute Gasteiger partial charge is 0.467 e. The van der Waals surface area contributed by atoms with Gasteiger partial charge in [0.1, 0.15) is 6.04 Å². The van der Waals surface area contributed by atoms with Crippen LogP contribution in [0, 0.1) is 0 Å². The maximum absolute atomic E-state index is 11.4. The zero-order chi connectivity index (χ0) is 10.6. The molecule has 1 atom stereocenters. The second-order valence-electron chi connectivity index (χ2n) is 3.21. The van der Waals surface area contributed by atoms with Crippen molar-refractivity contribution in [3.63, 3.8) is 0 Å². The van der Waals surface area contributed by atoms with Crippen molar-refractivity contribution in [1.29, 1.82) is 0 Å². The summed E-state index contributed by atoms with van der Waals surface area (Å²) in [5.41, 5.74) is 0. The topological polar surface area (TPSA) is 46.6 Å². The lowest BCUT2D eigenvalue weighted by Gasteiger charge is -2.22. The highest BCUT2D eigenvalue weighted by atomic mass is 79.9. The Balaban J connectivity index is 2.57. The lowest BCUT2D eigenvalue weighted by atomic mass is 10.2. The van der Waals surface area contributed by atoms with Crippen LogP contribution in [-0.2, 0) is 14.3 Å². The summed E-state index contributed by atoms with van der Waals surface area (Å²) in [6.45, 7) is 0.629. The van der Waals surface area contributed by atoms with Gasteiger partial charge in [-0.3, -0.25) is 4.79 Å². The number of hydrogen-bond donors (Lipinski definition) is 0. The number of ether oxygens (including phenoxy) is 1. The molecular weight excluding hydrogens is 250 g/mol. The summed E-state index contributed by atoms with van der Waals surface area (Å²) in [7, 11) is 1.35. The smallest absolute Gasteiger partial charge is 0.328 e. The molecule has 1 amide bonds. The van der Waals surface area contributed by atoms with E-state index in [1.165, 1.54) is 7.11 Å². The molecule has 0 aromatic carbocycles. The third-order valence-corrected chi connectivity index (χ3v) is 2.89. The second-order valence-corrected chi connectivity index (χ2v) is 4.00. The number of methoxy groups -OCH3 is 1. The SMILES string of the molecule is COC(=O)[C@@H]1CCC(=O)N1CCCBr. The average molecular weight is 264 g/mol. The number of amides is 1. The minimum atomic E-state index is -0.355. The maximum atomic E-state index is 11.4. The fourth-order valence-electron chi connectivity index (χ4n) is 1.63. The summed E-state index contributed by atoms with van der Waals surface area (Å²) < 4.78 is 4.65. The quantitative estimate of drug-likeness (QED) is 0.560. The van der Waals surface area contributed by atoms with Crippen LogP contribution in [0.2, 0.25) is 0 Å². The predicted octanol–water partition coefficient (Wildman–Crippen LogP) is 0.935. The van der Waals surface area contributed by atoms with Gasteiger partial charge in [-0.1, -0.05) is 15.9 Å². The van der Waals surface area contributed by atoms with Crippen molar-refractivity contribution in [2.75, 3.05) is 19.0 Å². The molecule has 0 spiro atoms. The van der Waals surface area contributed by atoms with E-state index in [4.69, 9.17) is 0 Å². The minimum absolute atomic E-state index is 0.0568. The van der Waals surface area contributed by atoms with Crippen LogP contribution in [0.25, 0.3) is 0 Å². The molecule has 1 saturated heterocycles. The summed E-state index contributed by atoms with van der Waals surface area (Å²) in [5.74, 6) is -0.244. The Hall–Kier alpha value is -0.580. The highest BCUT2D eigenvalue weighted by Crippen LogP contribution is 2.20. The molecule has 0 radical (unpaired) electrons. The van der Waals surface area contributed by atoms with Crippen LogP contribution < -0.4 is 0 Å². The van der Waals surface area contributed by atoms with Crippen LogP contribution in [0.4, 0.5) is 0 Å². The van der Waals surface area contributed by atoms with Crippen molar-refractivity contribution >= 4 is 27.8 Å². The van der Waals surface area contributed by atoms with E-state index < -0.39 is 0 Å². The summed E-state index contributed by atoms with van der Waals surface area (Å²) in [6, 6.07) is -0.355. The van der Waals surface area contributed by atoms with Crippen molar-refractivity contribution in [3.05, 3.63) is 0 Å². The molecule has 5 heteroatoms. The summed E-state index contributed by atoms with van der Waals surface area (Å²) in [4.78, 5) is 24.3. The Labute approximate surface area is 91.7 Å². The molecule has 0 aliphatic carbocycles. The molecule has 4 nitrogen and oxygen atoms in total. The zero-order valence-corrected chi connectivity index (χ0v) is 9.75. The van der Waals surface area contributed by atoms with E-state index >= 15 is 0 Å². The first-order valence-corrected chi connectivity index (χ1v) is 5.76. The molecule has 80 valence electrons. The van der Waals surface area contributed by atoms with Crippen LogP contribution in [0.1, 0.15) is 19.3 Å². The van der Waals surface area contributed by atoms with Gasteiger partial charge in [-0.2, -0.15) is 0 Å². The van der Waals surface area contributed by atoms with E-state index in [-0.39, 0.29) is 17.9 Å². The maximum Gasteiger partial charge on any atom is 0.328 e. The number of nitrogens with zero attached hydrogens (tertiary/aromatic N) is 1. The van der Waals surface area contributed by atoms with Gasteiger partial charge in [-0.05, 0) is 12.8 Å². The fourth-order valence-corrected chi connectivity index (χ4v) is 1.88. The zero-order valence-electron chi connectivity index (χ0n) is 8.16. The van der Waals surface area contributed by atoms with Crippen molar-refractivity contribution < 1.29 is 14.3 Å². The molecule has 0 unspecified atom stereocenters. The number of esters is 1. The predicted molar refractivity (Wildman–Crippen MR) is 55.2 cm³/mol. The molecule has 1 aliphatic heterocycles. The molecule has 14 heavy (non-hydrogen) atoms. The number of carbonyl (C=O) groups is 2. The second kappa shape index (κ2) is 5.34. The molecule has 0 aromatic heterocycles. The van der Waals surface area contributed by atoms with Gasteiger partial charge in [0.15, 0.2) is 0 Å². The molecule has 1 rings (SSSR count). The number of alkyl halides is 1. The Morgan fingerprint density at radius 2 is 2.43 bits per heavy atom. The lowest BCUT2D eigenvalue weighted by molar-refractivity contribution is -0.149. The summed E-state index contributed by atoms with van der Waals surface area (Å²) >= 11 is 3.30. The Bertz CT molecular complexity index is 232. The monoisotopic (exact) mass is 263 g/mol. The van der Waals surface area contributed by atoms with Crippen LogP contribution in [-0.4, -0.2) is 41.8 Å². The van der Waals surface area contributed by atoms with Crippen LogP contribution >= 0.6 is 15.9 Å². The summed E-state index contributed by atoms with van der Waals surface area (Å²) in [5, 5.41) is 0.838. The average Bonchev–Trinajstić information content (AvgIpc) is 2.56. The van der Waals surface area contributed by atoms with Gasteiger partial charge < -0.3 is 9.64 Å². The van der Waals surface area contributed by atoms with E-state index in [2.05, 4.69) is 20.7 Å². The van der Waals surface area contributed by atoms with Gasteiger partial charge in [0.05, 0.1) is 7.11 Å². The van der Waals surface area contributed by atoms with Crippen molar-refractivity contribution in [1.82, 2.24) is 4.90 Å². The van der Waals surface area contributed by atoms with Gasteiger partial charge in [0.25, 0.3) is 0 Å². The van der Waals surface area contributed by atoms with Crippen molar-refractivity contribution in [2.24, 2.45) is 0 Å². The summed E-state index contributed by atoms with van der Waals surface area (Å²) in [6.07, 6.45) is 1.91. The van der Waals surface area contributed by atoms with Crippen LogP contribution in [0.15, 0.2) is 0 Å². The standard InChI is InChI=1S/C9H14BrNO3/c1-14-9(13)7-3-4-8(12)11(7)6-2-5-10/h7H,2-6H2,1H3/t7-/m0/s1. The van der Waals surface area contributed by atoms with Gasteiger partial charge in [-0.15, -0.1) is 0 Å². The minimum Gasteiger partial charge on any atom is -0.467 e. The van der Waals surface area contributed by atoms with Gasteiger partial charge in [-0.25, -0.2) is 4.79 Å². The fraction of sp³-hybridized carbons (Fsp3) is 0.778. The Morgan fingerprint density at radius 1 is 1.71 bits per heavy atom. The molecular formula is C9H14BrNO3. The number of rotatable bonds is 4. The van der Waals surface area contributed by atoms with Gasteiger partial charge >= 0.3 is 5.97 Å². The molecule has 0 aromatic rings. The molecule has 1 fully saturated rings. The lowest BCUT2D eigenvalue weighted by Crippen LogP contribution is -2.39. The van der Waals surface area contributed by atoms with Gasteiger partial charge in [0, 0.05) is 18.3 Å². The number of likely N-dealkylation sites (tertiary alicyclic amines) is 1. The van der Waals surface area contributed by atoms with E-state index in [1.807, 2.05) is 0 Å². The number of hydrogen-bond acceptors (Lipinski definition) is 3. The van der Waals surface area contributed by atoms with E-state index in [0.717, 1.165) is 11.8 Å². The number of carbonyl (C=O) groups excluding carboxylic acids is 2. The molecule has 1 aliphatic rings. The Kier molecular flexibility index (Phi) is 4.38. The van der Waals surface area contributed by atoms with E-state index in [9.17, 15) is 9.59 Å². The first-order valence-electron chi connectivity index (χ1n) is 4.64. The van der Waals surface area contributed by atoms with Crippen LogP contribution in [0.3, 0.4) is 0 Å². The van der Waals surface area contributed by atoms with Gasteiger partial charge in [0.2, 0.25) is 5.91 Å². The van der Waals surface area contributed by atoms with E-state index in [1.54, 1.807) is 4.90 Å². The first-order chi connectivity index (χ1) is 6.70. The highest BCUT2D eigenvalue weighted by Gasteiger charge is 2.35. The molecule has 0 bridgehead atoms. The third kappa shape index (κ3) is 2.47. The van der Waals surface area contributed by atoms with Crippen molar-refractivity contribution in [2.45, 2.75) is 25.3 Å². The Morgan fingerprint density at radius 3 is 3.00 bits per heavy atom. The molecule has 0 saturated carbocycles. The normalized spacial score (nSPS) is 21.4.